The predicted octanol–water partition coefficient (Wildman–Crippen LogP) is 5.33. The van der Waals surface area contributed by atoms with Crippen LogP contribution in [0.15, 0.2) is 65.1 Å². The maximum absolute atomic E-state index is 13.4. The van der Waals surface area contributed by atoms with E-state index >= 15 is 0 Å². The minimum Gasteiger partial charge on any atom is -0.453 e. The number of anilines is 1. The van der Waals surface area contributed by atoms with Crippen molar-refractivity contribution < 1.29 is 13.6 Å². The average Bonchev–Trinajstić information content (AvgIpc) is 2.96. The Morgan fingerprint density at radius 3 is 2.72 bits per heavy atom. The molecule has 0 spiro atoms. The summed E-state index contributed by atoms with van der Waals surface area (Å²) in [5.74, 6) is -0.236. The first-order valence-corrected chi connectivity index (χ1v) is 8.07. The molecule has 0 atom stereocenters. The Kier molecular flexibility index (Phi) is 3.73. The molecule has 1 N–H and O–H groups in total. The van der Waals surface area contributed by atoms with E-state index in [1.807, 2.05) is 42.5 Å². The first kappa shape index (κ1) is 15.4. The van der Waals surface area contributed by atoms with Crippen molar-refractivity contribution in [3.8, 4) is 0 Å². The van der Waals surface area contributed by atoms with Crippen LogP contribution in [-0.4, -0.2) is 12.3 Å². The number of halogens is 1. The number of Topliss-reactive ketones (excluding diaryl/α,β-unsaturated/α-hetero) is 1. The van der Waals surface area contributed by atoms with Gasteiger partial charge in [-0.25, -0.2) is 4.39 Å². The zero-order valence-electron chi connectivity index (χ0n) is 13.7. The normalized spacial score (nSPS) is 11.1. The van der Waals surface area contributed by atoms with Gasteiger partial charge < -0.3 is 9.73 Å². The first-order chi connectivity index (χ1) is 12.1. The van der Waals surface area contributed by atoms with Gasteiger partial charge in [0.1, 0.15) is 11.4 Å². The van der Waals surface area contributed by atoms with Crippen LogP contribution in [-0.2, 0) is 0 Å². The molecule has 4 aromatic rings. The van der Waals surface area contributed by atoms with E-state index < -0.39 is 0 Å². The molecule has 0 saturated heterocycles. The lowest BCUT2D eigenvalue weighted by molar-refractivity contribution is 0.0981. The molecule has 0 aliphatic rings. The summed E-state index contributed by atoms with van der Waals surface area (Å²) in [5, 5.41) is 5.98. The molecule has 0 fully saturated rings. The minimum atomic E-state index is -0.343. The quantitative estimate of drug-likeness (QED) is 0.513. The summed E-state index contributed by atoms with van der Waals surface area (Å²) in [5.41, 5.74) is 2.08. The van der Waals surface area contributed by atoms with Gasteiger partial charge >= 0.3 is 0 Å². The standard InChI is InChI=1S/C21H16FNO2/c1-13-17-11-15(22)9-10-20(17)25-21(13)19(24)12-23-18-8-4-6-14-5-2-3-7-16(14)18/h2-11,23H,12H2,1H3. The van der Waals surface area contributed by atoms with Crippen LogP contribution in [0.25, 0.3) is 21.7 Å². The van der Waals surface area contributed by atoms with Crippen molar-refractivity contribution in [1.29, 1.82) is 0 Å². The van der Waals surface area contributed by atoms with Crippen molar-refractivity contribution >= 4 is 33.2 Å². The number of hydrogen-bond acceptors (Lipinski definition) is 3. The van der Waals surface area contributed by atoms with Crippen LogP contribution < -0.4 is 5.32 Å². The molecule has 4 heteroatoms. The number of furan rings is 1. The summed E-state index contributed by atoms with van der Waals surface area (Å²) in [6, 6.07) is 18.2. The maximum Gasteiger partial charge on any atom is 0.217 e. The Hall–Kier alpha value is -3.14. The second-order valence-electron chi connectivity index (χ2n) is 6.00. The molecule has 25 heavy (non-hydrogen) atoms. The molecule has 4 rings (SSSR count). The number of ketones is 1. The number of carbonyl (C=O) groups is 1. The molecule has 1 heterocycles. The number of hydrogen-bond donors (Lipinski definition) is 1. The van der Waals surface area contributed by atoms with Gasteiger partial charge in [0.05, 0.1) is 6.54 Å². The van der Waals surface area contributed by atoms with E-state index in [0.717, 1.165) is 16.5 Å². The molecule has 3 nitrogen and oxygen atoms in total. The first-order valence-electron chi connectivity index (χ1n) is 8.07. The van der Waals surface area contributed by atoms with Crippen molar-refractivity contribution in [2.75, 3.05) is 11.9 Å². The van der Waals surface area contributed by atoms with Gasteiger partial charge in [-0.1, -0.05) is 36.4 Å². The number of fused-ring (bicyclic) bond motifs is 2. The lowest BCUT2D eigenvalue weighted by atomic mass is 10.1. The summed E-state index contributed by atoms with van der Waals surface area (Å²) in [6.45, 7) is 1.88. The van der Waals surface area contributed by atoms with Crippen LogP contribution in [0.1, 0.15) is 16.1 Å². The van der Waals surface area contributed by atoms with Crippen molar-refractivity contribution in [3.63, 3.8) is 0 Å². The van der Waals surface area contributed by atoms with E-state index in [2.05, 4.69) is 5.32 Å². The summed E-state index contributed by atoms with van der Waals surface area (Å²) in [7, 11) is 0. The van der Waals surface area contributed by atoms with Gasteiger partial charge in [-0.2, -0.15) is 0 Å². The molecule has 1 aromatic heterocycles. The van der Waals surface area contributed by atoms with E-state index in [9.17, 15) is 9.18 Å². The number of carbonyl (C=O) groups excluding carboxylic acids is 1. The Bertz CT molecular complexity index is 1090. The van der Waals surface area contributed by atoms with Crippen molar-refractivity contribution in [1.82, 2.24) is 0 Å². The molecular formula is C21H16FNO2. The van der Waals surface area contributed by atoms with Crippen molar-refractivity contribution in [3.05, 3.63) is 77.8 Å². The Balaban J connectivity index is 1.61. The van der Waals surface area contributed by atoms with Crippen LogP contribution in [0, 0.1) is 12.7 Å². The topological polar surface area (TPSA) is 42.2 Å². The molecule has 0 radical (unpaired) electrons. The molecule has 3 aromatic carbocycles. The summed E-state index contributed by atoms with van der Waals surface area (Å²) < 4.78 is 19.0. The van der Waals surface area contributed by atoms with Gasteiger partial charge in [0.15, 0.2) is 5.76 Å². The maximum atomic E-state index is 13.4. The summed E-state index contributed by atoms with van der Waals surface area (Å²) in [4.78, 5) is 12.6. The van der Waals surface area contributed by atoms with Crippen molar-refractivity contribution in [2.45, 2.75) is 6.92 Å². The van der Waals surface area contributed by atoms with Gasteiger partial charge in [-0.05, 0) is 36.6 Å². The zero-order valence-corrected chi connectivity index (χ0v) is 13.7. The SMILES string of the molecule is Cc1c(C(=O)CNc2cccc3ccccc23)oc2ccc(F)cc12. The molecule has 0 aliphatic carbocycles. The van der Waals surface area contributed by atoms with Crippen molar-refractivity contribution in [2.24, 2.45) is 0 Å². The Labute approximate surface area is 144 Å². The Morgan fingerprint density at radius 1 is 1.04 bits per heavy atom. The average molecular weight is 333 g/mol. The van der Waals surface area contributed by atoms with Crippen LogP contribution in [0.2, 0.25) is 0 Å². The van der Waals surface area contributed by atoms with Crippen LogP contribution in [0.5, 0.6) is 0 Å². The third-order valence-corrected chi connectivity index (χ3v) is 4.38. The lowest BCUT2D eigenvalue weighted by Crippen LogP contribution is -2.14. The number of benzene rings is 3. The van der Waals surface area contributed by atoms with Gasteiger partial charge in [0.2, 0.25) is 5.78 Å². The van der Waals surface area contributed by atoms with Gasteiger partial charge in [0, 0.05) is 22.0 Å². The number of rotatable bonds is 4. The number of aryl methyl sites for hydroxylation is 1. The monoisotopic (exact) mass is 333 g/mol. The fourth-order valence-corrected chi connectivity index (χ4v) is 3.09. The fraction of sp³-hybridized carbons (Fsp3) is 0.0952. The lowest BCUT2D eigenvalue weighted by Gasteiger charge is -2.08. The zero-order chi connectivity index (χ0) is 17.4. The molecule has 0 bridgehead atoms. The van der Waals surface area contributed by atoms with E-state index in [1.165, 1.54) is 12.1 Å². The van der Waals surface area contributed by atoms with E-state index in [4.69, 9.17) is 4.42 Å². The largest absolute Gasteiger partial charge is 0.453 e. The minimum absolute atomic E-state index is 0.108. The molecule has 0 amide bonds. The molecular weight excluding hydrogens is 317 g/mol. The Morgan fingerprint density at radius 2 is 1.84 bits per heavy atom. The molecule has 0 saturated carbocycles. The van der Waals surface area contributed by atoms with Crippen LogP contribution in [0.4, 0.5) is 10.1 Å². The van der Waals surface area contributed by atoms with Crippen LogP contribution >= 0.6 is 0 Å². The third kappa shape index (κ3) is 2.76. The van der Waals surface area contributed by atoms with Gasteiger partial charge in [-0.3, -0.25) is 4.79 Å². The molecule has 124 valence electrons. The van der Waals surface area contributed by atoms with Gasteiger partial charge in [0.25, 0.3) is 0 Å². The second kappa shape index (κ2) is 6.06. The molecule has 0 unspecified atom stereocenters. The molecule has 0 aliphatic heterocycles. The number of nitrogens with one attached hydrogen (secondary N) is 1. The third-order valence-electron chi connectivity index (χ3n) is 4.38. The van der Waals surface area contributed by atoms with E-state index in [1.54, 1.807) is 13.0 Å². The van der Waals surface area contributed by atoms with E-state index in [0.29, 0.717) is 16.5 Å². The summed E-state index contributed by atoms with van der Waals surface area (Å²) in [6.07, 6.45) is 0. The fourth-order valence-electron chi connectivity index (χ4n) is 3.09. The van der Waals surface area contributed by atoms with E-state index in [-0.39, 0.29) is 23.9 Å². The van der Waals surface area contributed by atoms with Gasteiger partial charge in [-0.15, -0.1) is 0 Å². The highest BCUT2D eigenvalue weighted by molar-refractivity contribution is 6.03. The summed E-state index contributed by atoms with van der Waals surface area (Å²) >= 11 is 0. The highest BCUT2D eigenvalue weighted by atomic mass is 19.1. The second-order valence-corrected chi connectivity index (χ2v) is 6.00. The van der Waals surface area contributed by atoms with Crippen LogP contribution in [0.3, 0.4) is 0 Å². The highest BCUT2D eigenvalue weighted by Crippen LogP contribution is 2.27. The highest BCUT2D eigenvalue weighted by Gasteiger charge is 2.18. The smallest absolute Gasteiger partial charge is 0.217 e. The predicted molar refractivity (Wildman–Crippen MR) is 97.7 cm³/mol.